The van der Waals surface area contributed by atoms with Gasteiger partial charge in [0.25, 0.3) is 5.91 Å². The van der Waals surface area contributed by atoms with E-state index in [0.29, 0.717) is 33.2 Å². The number of nitrogens with zero attached hydrogens (tertiary/aromatic N) is 4. The molecule has 0 saturated carbocycles. The fourth-order valence-electron chi connectivity index (χ4n) is 3.65. The summed E-state index contributed by atoms with van der Waals surface area (Å²) in [4.78, 5) is 29.9. The number of nitrogens with one attached hydrogen (secondary N) is 2. The Morgan fingerprint density at radius 2 is 1.81 bits per heavy atom. The molecule has 2 amide bonds. The molecule has 0 aliphatic heterocycles. The Morgan fingerprint density at radius 3 is 2.49 bits per heavy atom. The third kappa shape index (κ3) is 6.76. The number of rotatable bonds is 10. The smallest absolute Gasteiger partial charge is 0.251 e. The molecule has 0 saturated heterocycles. The fourth-order valence-corrected chi connectivity index (χ4v) is 5.32. The van der Waals surface area contributed by atoms with E-state index in [2.05, 4.69) is 25.8 Å². The number of amides is 2. The van der Waals surface area contributed by atoms with Gasteiger partial charge in [-0.15, -0.1) is 21.5 Å². The van der Waals surface area contributed by atoms with Crippen LogP contribution in [0.2, 0.25) is 5.02 Å². The first-order valence-electron chi connectivity index (χ1n) is 11.8. The van der Waals surface area contributed by atoms with Gasteiger partial charge >= 0.3 is 0 Å². The van der Waals surface area contributed by atoms with Gasteiger partial charge in [-0.1, -0.05) is 67.5 Å². The van der Waals surface area contributed by atoms with E-state index in [9.17, 15) is 9.59 Å². The molecular formula is C26H27ClN6O2S2. The number of hydrogen-bond donors (Lipinski definition) is 2. The molecule has 2 aromatic heterocycles. The number of carbonyl (C=O) groups is 2. The van der Waals surface area contributed by atoms with E-state index in [0.717, 1.165) is 11.3 Å². The topological polar surface area (TPSA) is 102 Å². The van der Waals surface area contributed by atoms with Crippen molar-refractivity contribution in [3.8, 4) is 11.3 Å². The van der Waals surface area contributed by atoms with Crippen LogP contribution < -0.4 is 10.6 Å². The zero-order chi connectivity index (χ0) is 26.4. The van der Waals surface area contributed by atoms with Crippen molar-refractivity contribution in [3.05, 3.63) is 76.4 Å². The highest BCUT2D eigenvalue weighted by Crippen LogP contribution is 2.28. The summed E-state index contributed by atoms with van der Waals surface area (Å²) in [5.74, 6) is 0.545. The molecule has 1 atom stereocenters. The van der Waals surface area contributed by atoms with E-state index in [-0.39, 0.29) is 29.5 Å². The predicted octanol–water partition coefficient (Wildman–Crippen LogP) is 5.93. The summed E-state index contributed by atoms with van der Waals surface area (Å²) in [5.41, 5.74) is 2.29. The van der Waals surface area contributed by atoms with Gasteiger partial charge in [-0.05, 0) is 37.1 Å². The lowest BCUT2D eigenvalue weighted by Gasteiger charge is -2.22. The molecule has 4 rings (SSSR count). The second-order valence-corrected chi connectivity index (χ2v) is 10.8. The summed E-state index contributed by atoms with van der Waals surface area (Å²) >= 11 is 8.61. The molecule has 0 spiro atoms. The molecule has 0 radical (unpaired) electrons. The quantitative estimate of drug-likeness (QED) is 0.235. The van der Waals surface area contributed by atoms with Crippen molar-refractivity contribution in [2.24, 2.45) is 5.92 Å². The van der Waals surface area contributed by atoms with Crippen LogP contribution in [0.3, 0.4) is 0 Å². The van der Waals surface area contributed by atoms with Crippen molar-refractivity contribution in [3.63, 3.8) is 0 Å². The number of benzene rings is 2. The van der Waals surface area contributed by atoms with Crippen molar-refractivity contribution in [1.82, 2.24) is 25.1 Å². The molecule has 0 bridgehead atoms. The van der Waals surface area contributed by atoms with Gasteiger partial charge in [-0.3, -0.25) is 9.59 Å². The maximum absolute atomic E-state index is 12.8. The highest BCUT2D eigenvalue weighted by Gasteiger charge is 2.26. The predicted molar refractivity (Wildman–Crippen MR) is 149 cm³/mol. The van der Waals surface area contributed by atoms with Crippen molar-refractivity contribution in [2.45, 2.75) is 38.5 Å². The SMILES string of the molecule is CCn1c(SCC(=O)Nc2nc(-c3ccc(Cl)cc3)cs2)nnc1[C@H](NC(=O)c1ccccc1)C(C)C. The Balaban J connectivity index is 1.40. The third-order valence-corrected chi connectivity index (χ3v) is 7.53. The Bertz CT molecular complexity index is 1360. The number of thiazole rings is 1. The van der Waals surface area contributed by atoms with Crippen LogP contribution in [-0.2, 0) is 11.3 Å². The van der Waals surface area contributed by atoms with Gasteiger partial charge in [0.2, 0.25) is 5.91 Å². The van der Waals surface area contributed by atoms with E-state index in [1.807, 2.05) is 61.1 Å². The molecule has 0 fully saturated rings. The molecule has 37 heavy (non-hydrogen) atoms. The van der Waals surface area contributed by atoms with E-state index in [4.69, 9.17) is 11.6 Å². The van der Waals surface area contributed by atoms with Crippen LogP contribution in [0.15, 0.2) is 65.1 Å². The van der Waals surface area contributed by atoms with Gasteiger partial charge in [-0.2, -0.15) is 0 Å². The Kier molecular flexibility index (Phi) is 8.96. The highest BCUT2D eigenvalue weighted by atomic mass is 35.5. The van der Waals surface area contributed by atoms with Crippen molar-refractivity contribution < 1.29 is 9.59 Å². The molecule has 11 heteroatoms. The minimum absolute atomic E-state index is 0.0862. The molecule has 2 aromatic carbocycles. The van der Waals surface area contributed by atoms with Crippen LogP contribution in [0.25, 0.3) is 11.3 Å². The van der Waals surface area contributed by atoms with Crippen LogP contribution in [0.5, 0.6) is 0 Å². The number of aromatic nitrogens is 4. The number of thioether (sulfide) groups is 1. The third-order valence-electron chi connectivity index (χ3n) is 5.55. The van der Waals surface area contributed by atoms with Crippen LogP contribution in [0.1, 0.15) is 43.0 Å². The Hall–Kier alpha value is -3.21. The first kappa shape index (κ1) is 26.8. The van der Waals surface area contributed by atoms with E-state index in [1.54, 1.807) is 24.3 Å². The van der Waals surface area contributed by atoms with Gasteiger partial charge in [0, 0.05) is 28.1 Å². The van der Waals surface area contributed by atoms with E-state index in [1.165, 1.54) is 23.1 Å². The molecule has 4 aromatic rings. The molecule has 2 N–H and O–H groups in total. The first-order valence-corrected chi connectivity index (χ1v) is 14.0. The summed E-state index contributed by atoms with van der Waals surface area (Å²) in [5, 5.41) is 18.3. The molecule has 8 nitrogen and oxygen atoms in total. The molecule has 0 aliphatic rings. The van der Waals surface area contributed by atoms with Crippen LogP contribution in [0.4, 0.5) is 5.13 Å². The number of halogens is 1. The van der Waals surface area contributed by atoms with Crippen LogP contribution in [0, 0.1) is 5.92 Å². The lowest BCUT2D eigenvalue weighted by Crippen LogP contribution is -2.33. The minimum atomic E-state index is -0.329. The Labute approximate surface area is 228 Å². The van der Waals surface area contributed by atoms with Crippen molar-refractivity contribution in [2.75, 3.05) is 11.1 Å². The van der Waals surface area contributed by atoms with Crippen LogP contribution >= 0.6 is 34.7 Å². The molecular weight excluding hydrogens is 528 g/mol. The monoisotopic (exact) mass is 554 g/mol. The van der Waals surface area contributed by atoms with Gasteiger partial charge in [-0.25, -0.2) is 4.98 Å². The second-order valence-electron chi connectivity index (χ2n) is 8.53. The van der Waals surface area contributed by atoms with Crippen molar-refractivity contribution >= 4 is 51.6 Å². The molecule has 0 unspecified atom stereocenters. The number of carbonyl (C=O) groups excluding carboxylic acids is 2. The summed E-state index contributed by atoms with van der Waals surface area (Å²) in [6, 6.07) is 16.1. The fraction of sp³-hybridized carbons (Fsp3) is 0.269. The number of anilines is 1. The van der Waals surface area contributed by atoms with E-state index < -0.39 is 0 Å². The average Bonchev–Trinajstić information content (AvgIpc) is 3.53. The zero-order valence-electron chi connectivity index (χ0n) is 20.6. The zero-order valence-corrected chi connectivity index (χ0v) is 23.0. The summed E-state index contributed by atoms with van der Waals surface area (Å²) < 4.78 is 1.94. The van der Waals surface area contributed by atoms with E-state index >= 15 is 0 Å². The lowest BCUT2D eigenvalue weighted by molar-refractivity contribution is -0.113. The average molecular weight is 555 g/mol. The molecule has 0 aliphatic carbocycles. The summed E-state index contributed by atoms with van der Waals surface area (Å²) in [6.45, 7) is 6.64. The molecule has 192 valence electrons. The van der Waals surface area contributed by atoms with Crippen molar-refractivity contribution in [1.29, 1.82) is 0 Å². The second kappa shape index (κ2) is 12.4. The largest absolute Gasteiger partial charge is 0.342 e. The van der Waals surface area contributed by atoms with Crippen LogP contribution in [-0.4, -0.2) is 37.3 Å². The Morgan fingerprint density at radius 1 is 1.08 bits per heavy atom. The minimum Gasteiger partial charge on any atom is -0.342 e. The van der Waals surface area contributed by atoms with Gasteiger partial charge in [0.05, 0.1) is 17.5 Å². The maximum Gasteiger partial charge on any atom is 0.251 e. The van der Waals surface area contributed by atoms with Gasteiger partial charge in [0.15, 0.2) is 16.1 Å². The standard InChI is InChI=1S/C26H27ClN6O2S2/c1-4-33-23(22(16(2)3)30-24(35)18-8-6-5-7-9-18)31-32-26(33)37-15-21(34)29-25-28-20(14-36-25)17-10-12-19(27)13-11-17/h5-14,16,22H,4,15H2,1-3H3,(H,30,35)(H,28,29,34)/t22-/m1/s1. The normalized spacial score (nSPS) is 11.9. The highest BCUT2D eigenvalue weighted by molar-refractivity contribution is 7.99. The molecule has 2 heterocycles. The lowest BCUT2D eigenvalue weighted by atomic mass is 10.0. The van der Waals surface area contributed by atoms with Gasteiger partial charge in [0.1, 0.15) is 0 Å². The number of hydrogen-bond acceptors (Lipinski definition) is 7. The summed E-state index contributed by atoms with van der Waals surface area (Å²) in [6.07, 6.45) is 0. The first-order chi connectivity index (χ1) is 17.9. The maximum atomic E-state index is 12.8. The summed E-state index contributed by atoms with van der Waals surface area (Å²) in [7, 11) is 0. The van der Waals surface area contributed by atoms with Gasteiger partial charge < -0.3 is 15.2 Å².